The van der Waals surface area contributed by atoms with Gasteiger partial charge in [-0.05, 0) is 18.2 Å². The topological polar surface area (TPSA) is 96.0 Å². The van der Waals surface area contributed by atoms with E-state index in [-0.39, 0.29) is 22.8 Å². The zero-order valence-electron chi connectivity index (χ0n) is 17.4. The van der Waals surface area contributed by atoms with E-state index >= 15 is 0 Å². The Bertz CT molecular complexity index is 1140. The zero-order chi connectivity index (χ0) is 23.1. The highest BCUT2D eigenvalue weighted by Gasteiger charge is 2.27. The van der Waals surface area contributed by atoms with Gasteiger partial charge in [-0.15, -0.1) is 0 Å². The number of Topliss-reactive ketones (excluding diaryl/α,β-unsaturated/α-hetero) is 1. The van der Waals surface area contributed by atoms with Crippen molar-refractivity contribution < 1.29 is 33.4 Å². The maximum Gasteiger partial charge on any atom is 0.339 e. The number of carbonyl (C=O) groups is 4. The summed E-state index contributed by atoms with van der Waals surface area (Å²) in [6.45, 7) is 2.37. The smallest absolute Gasteiger partial charge is 0.339 e. The fourth-order valence-corrected chi connectivity index (χ4v) is 2.94. The van der Waals surface area contributed by atoms with Crippen molar-refractivity contribution in [1.82, 2.24) is 0 Å². The lowest BCUT2D eigenvalue weighted by atomic mass is 9.99. The van der Waals surface area contributed by atoms with E-state index in [1.54, 1.807) is 60.7 Å². The summed E-state index contributed by atoms with van der Waals surface area (Å²) in [6.07, 6.45) is -1.18. The Morgan fingerprint density at radius 2 is 1.22 bits per heavy atom. The Balaban J connectivity index is 1.93. The van der Waals surface area contributed by atoms with Gasteiger partial charge >= 0.3 is 17.9 Å². The van der Waals surface area contributed by atoms with E-state index in [0.717, 1.165) is 0 Å². The molecule has 1 atom stereocenters. The van der Waals surface area contributed by atoms with E-state index in [4.69, 9.17) is 14.2 Å². The van der Waals surface area contributed by atoms with Gasteiger partial charge in [0.25, 0.3) is 0 Å². The second kappa shape index (κ2) is 10.2. The Labute approximate surface area is 184 Å². The Morgan fingerprint density at radius 1 is 0.656 bits per heavy atom. The average molecular weight is 432 g/mol. The normalized spacial score (nSPS) is 11.2. The van der Waals surface area contributed by atoms with Crippen molar-refractivity contribution in [1.29, 1.82) is 0 Å². The molecule has 162 valence electrons. The third kappa shape index (κ3) is 5.66. The molecule has 0 fully saturated rings. The highest BCUT2D eigenvalue weighted by Crippen LogP contribution is 2.30. The first-order chi connectivity index (χ1) is 15.3. The van der Waals surface area contributed by atoms with Crippen LogP contribution in [0.15, 0.2) is 78.9 Å². The van der Waals surface area contributed by atoms with Gasteiger partial charge in [-0.25, -0.2) is 4.79 Å². The number of benzene rings is 3. The van der Waals surface area contributed by atoms with Crippen LogP contribution in [0.5, 0.6) is 11.5 Å². The minimum atomic E-state index is -1.18. The molecule has 0 radical (unpaired) electrons. The zero-order valence-corrected chi connectivity index (χ0v) is 17.4. The highest BCUT2D eigenvalue weighted by atomic mass is 16.6. The molecule has 7 heteroatoms. The van der Waals surface area contributed by atoms with Crippen molar-refractivity contribution in [3.8, 4) is 11.5 Å². The molecule has 3 aromatic carbocycles. The van der Waals surface area contributed by atoms with Gasteiger partial charge in [0, 0.05) is 25.0 Å². The molecule has 0 N–H and O–H groups in total. The third-order valence-corrected chi connectivity index (χ3v) is 4.31. The fraction of sp³-hybridized carbons (Fsp3) is 0.120. The summed E-state index contributed by atoms with van der Waals surface area (Å²) in [5.74, 6) is -2.62. The number of hydrogen-bond donors (Lipinski definition) is 0. The first-order valence-electron chi connectivity index (χ1n) is 9.71. The van der Waals surface area contributed by atoms with Gasteiger partial charge in [0.05, 0.1) is 5.56 Å². The van der Waals surface area contributed by atoms with Crippen LogP contribution < -0.4 is 9.47 Å². The molecular formula is C25H20O7. The molecular weight excluding hydrogens is 412 g/mol. The van der Waals surface area contributed by atoms with E-state index in [1.165, 1.54) is 32.0 Å². The molecule has 0 spiro atoms. The van der Waals surface area contributed by atoms with Crippen LogP contribution in [0, 0.1) is 0 Å². The molecule has 0 aliphatic rings. The molecule has 3 aromatic rings. The largest absolute Gasteiger partial charge is 0.445 e. The van der Waals surface area contributed by atoms with Crippen LogP contribution in [0.25, 0.3) is 0 Å². The van der Waals surface area contributed by atoms with Gasteiger partial charge in [-0.3, -0.25) is 14.4 Å². The third-order valence-electron chi connectivity index (χ3n) is 4.31. The SMILES string of the molecule is CC(=O)Oc1ccc(C(=O)O[C@H](C(=O)c2ccccc2)c2ccccc2)cc1OC(C)=O. The molecule has 0 aliphatic heterocycles. The van der Waals surface area contributed by atoms with E-state index in [1.807, 2.05) is 0 Å². The van der Waals surface area contributed by atoms with Crippen LogP contribution in [0.3, 0.4) is 0 Å². The van der Waals surface area contributed by atoms with Crippen LogP contribution in [-0.2, 0) is 14.3 Å². The van der Waals surface area contributed by atoms with Crippen molar-refractivity contribution in [2.24, 2.45) is 0 Å². The van der Waals surface area contributed by atoms with Crippen LogP contribution in [0.4, 0.5) is 0 Å². The number of esters is 3. The van der Waals surface area contributed by atoms with Crippen LogP contribution in [-0.4, -0.2) is 23.7 Å². The van der Waals surface area contributed by atoms with Crippen molar-refractivity contribution in [2.75, 3.05) is 0 Å². The van der Waals surface area contributed by atoms with Gasteiger partial charge in [0.2, 0.25) is 5.78 Å². The number of rotatable bonds is 7. The van der Waals surface area contributed by atoms with Crippen molar-refractivity contribution in [3.63, 3.8) is 0 Å². The van der Waals surface area contributed by atoms with E-state index < -0.39 is 24.0 Å². The summed E-state index contributed by atoms with van der Waals surface area (Å²) >= 11 is 0. The summed E-state index contributed by atoms with van der Waals surface area (Å²) in [7, 11) is 0. The second-order valence-electron chi connectivity index (χ2n) is 6.78. The lowest BCUT2D eigenvalue weighted by Gasteiger charge is -2.18. The first kappa shape index (κ1) is 22.4. The first-order valence-corrected chi connectivity index (χ1v) is 9.71. The molecule has 0 saturated heterocycles. The molecule has 0 bridgehead atoms. The minimum Gasteiger partial charge on any atom is -0.445 e. The summed E-state index contributed by atoms with van der Waals surface area (Å²) in [6, 6.07) is 21.0. The van der Waals surface area contributed by atoms with Gasteiger partial charge < -0.3 is 14.2 Å². The summed E-state index contributed by atoms with van der Waals surface area (Å²) in [4.78, 5) is 48.7. The molecule has 0 aliphatic carbocycles. The Hall–Kier alpha value is -4.26. The predicted molar refractivity (Wildman–Crippen MR) is 114 cm³/mol. The van der Waals surface area contributed by atoms with Gasteiger partial charge in [0.15, 0.2) is 17.6 Å². The minimum absolute atomic E-state index is 0.0129. The monoisotopic (exact) mass is 432 g/mol. The number of carbonyl (C=O) groups excluding carboxylic acids is 4. The molecule has 0 aromatic heterocycles. The second-order valence-corrected chi connectivity index (χ2v) is 6.78. The van der Waals surface area contributed by atoms with E-state index in [2.05, 4.69) is 0 Å². The standard InChI is InChI=1S/C25H20O7/c1-16(26)30-21-14-13-20(15-22(21)31-17(2)27)25(29)32-24(19-11-7-4-8-12-19)23(28)18-9-5-3-6-10-18/h3-15,24H,1-2H3/t24-/m0/s1. The van der Waals surface area contributed by atoms with E-state index in [9.17, 15) is 19.2 Å². The van der Waals surface area contributed by atoms with Crippen LogP contribution >= 0.6 is 0 Å². The fourth-order valence-electron chi connectivity index (χ4n) is 2.94. The maximum atomic E-state index is 13.1. The molecule has 7 nitrogen and oxygen atoms in total. The summed E-state index contributed by atoms with van der Waals surface area (Å²) in [5.41, 5.74) is 0.908. The van der Waals surface area contributed by atoms with Crippen molar-refractivity contribution in [3.05, 3.63) is 95.6 Å². The van der Waals surface area contributed by atoms with E-state index in [0.29, 0.717) is 11.1 Å². The van der Waals surface area contributed by atoms with Crippen molar-refractivity contribution >= 4 is 23.7 Å². The Kier molecular flexibility index (Phi) is 7.13. The quantitative estimate of drug-likeness (QED) is 0.312. The lowest BCUT2D eigenvalue weighted by molar-refractivity contribution is -0.134. The molecule has 0 heterocycles. The predicted octanol–water partition coefficient (Wildman–Crippen LogP) is 4.32. The van der Waals surface area contributed by atoms with Gasteiger partial charge in [0.1, 0.15) is 0 Å². The summed E-state index contributed by atoms with van der Waals surface area (Å²) in [5, 5.41) is 0. The average Bonchev–Trinajstić information content (AvgIpc) is 2.78. The van der Waals surface area contributed by atoms with Gasteiger partial charge in [-0.1, -0.05) is 60.7 Å². The molecule has 32 heavy (non-hydrogen) atoms. The number of hydrogen-bond acceptors (Lipinski definition) is 7. The van der Waals surface area contributed by atoms with Crippen molar-refractivity contribution in [2.45, 2.75) is 20.0 Å². The molecule has 0 amide bonds. The molecule has 0 unspecified atom stereocenters. The molecule has 3 rings (SSSR count). The lowest BCUT2D eigenvalue weighted by Crippen LogP contribution is -2.20. The number of ketones is 1. The highest BCUT2D eigenvalue weighted by molar-refractivity contribution is 6.02. The van der Waals surface area contributed by atoms with Crippen LogP contribution in [0.1, 0.15) is 46.2 Å². The van der Waals surface area contributed by atoms with Crippen LogP contribution in [0.2, 0.25) is 0 Å². The maximum absolute atomic E-state index is 13.1. The number of ether oxygens (including phenoxy) is 3. The van der Waals surface area contributed by atoms with Gasteiger partial charge in [-0.2, -0.15) is 0 Å². The molecule has 0 saturated carbocycles. The Morgan fingerprint density at radius 3 is 1.81 bits per heavy atom. The summed E-state index contributed by atoms with van der Waals surface area (Å²) < 4.78 is 15.6.